The number of benzene rings is 2. The summed E-state index contributed by atoms with van der Waals surface area (Å²) in [7, 11) is 0. The van der Waals surface area contributed by atoms with Crippen molar-refractivity contribution < 1.29 is 9.53 Å². The van der Waals surface area contributed by atoms with Gasteiger partial charge in [-0.3, -0.25) is 9.78 Å². The van der Waals surface area contributed by atoms with Crippen LogP contribution in [0.15, 0.2) is 66.9 Å². The Labute approximate surface area is 193 Å². The minimum Gasteiger partial charge on any atom is -0.379 e. The maximum absolute atomic E-state index is 13.4. The molecule has 6 heteroatoms. The molecule has 33 heavy (non-hydrogen) atoms. The van der Waals surface area contributed by atoms with E-state index in [0.717, 1.165) is 34.4 Å². The van der Waals surface area contributed by atoms with Crippen molar-refractivity contribution in [2.45, 2.75) is 20.3 Å². The average Bonchev–Trinajstić information content (AvgIpc) is 3.02. The van der Waals surface area contributed by atoms with E-state index in [1.54, 1.807) is 0 Å². The summed E-state index contributed by atoms with van der Waals surface area (Å²) in [5.74, 6) is 0.254. The first-order chi connectivity index (χ1) is 16.1. The second-order valence-electron chi connectivity index (χ2n) is 8.82. The van der Waals surface area contributed by atoms with Gasteiger partial charge >= 0.3 is 0 Å². The fraction of sp³-hybridized carbons (Fsp3) is 0.296. The van der Waals surface area contributed by atoms with Gasteiger partial charge < -0.3 is 9.64 Å². The molecule has 0 saturated carbocycles. The Bertz CT molecular complexity index is 1300. The minimum atomic E-state index is 0.0329. The quantitative estimate of drug-likeness (QED) is 0.473. The number of carbonyl (C=O) groups excluding carboxylic acids is 1. The van der Waals surface area contributed by atoms with Crippen molar-refractivity contribution >= 4 is 16.8 Å². The standard InChI is InChI=1S/C27H28N4O2/c1-19-12-20(2)31(29-19)25-8-5-7-24(15-25)27(32)30-10-11-33-18-22(17-30)13-21-14-23-6-3-4-9-26(23)28-16-21/h3-9,12,14-16,22H,10-11,13,17-18H2,1-2H3. The Hall–Kier alpha value is -3.51. The lowest BCUT2D eigenvalue weighted by atomic mass is 9.99. The lowest BCUT2D eigenvalue weighted by Crippen LogP contribution is -2.36. The van der Waals surface area contributed by atoms with Gasteiger partial charge in [-0.2, -0.15) is 5.10 Å². The van der Waals surface area contributed by atoms with Crippen molar-refractivity contribution in [1.29, 1.82) is 0 Å². The summed E-state index contributed by atoms with van der Waals surface area (Å²) in [5.41, 5.74) is 5.74. The molecule has 2 aromatic carbocycles. The highest BCUT2D eigenvalue weighted by molar-refractivity contribution is 5.94. The van der Waals surface area contributed by atoms with Gasteiger partial charge in [-0.25, -0.2) is 4.68 Å². The predicted molar refractivity (Wildman–Crippen MR) is 129 cm³/mol. The number of ether oxygens (including phenoxy) is 1. The van der Waals surface area contributed by atoms with Crippen molar-refractivity contribution in [2.75, 3.05) is 26.3 Å². The van der Waals surface area contributed by atoms with Crippen LogP contribution in [-0.2, 0) is 11.2 Å². The largest absolute Gasteiger partial charge is 0.379 e. The van der Waals surface area contributed by atoms with Gasteiger partial charge in [-0.15, -0.1) is 0 Å². The molecule has 0 bridgehead atoms. The highest BCUT2D eigenvalue weighted by Gasteiger charge is 2.24. The van der Waals surface area contributed by atoms with Gasteiger partial charge in [0.25, 0.3) is 5.91 Å². The summed E-state index contributed by atoms with van der Waals surface area (Å²) in [6.45, 7) is 6.44. The number of hydrogen-bond donors (Lipinski definition) is 0. The van der Waals surface area contributed by atoms with Crippen molar-refractivity contribution in [3.05, 3.63) is 89.4 Å². The van der Waals surface area contributed by atoms with E-state index in [4.69, 9.17) is 4.74 Å². The molecular formula is C27H28N4O2. The number of nitrogens with zero attached hydrogens (tertiary/aromatic N) is 4. The average molecular weight is 441 g/mol. The second-order valence-corrected chi connectivity index (χ2v) is 8.82. The topological polar surface area (TPSA) is 60.2 Å². The van der Waals surface area contributed by atoms with Crippen LogP contribution in [0.2, 0.25) is 0 Å². The van der Waals surface area contributed by atoms with Gasteiger partial charge in [0.1, 0.15) is 0 Å². The van der Waals surface area contributed by atoms with Crippen molar-refractivity contribution in [1.82, 2.24) is 19.7 Å². The molecule has 1 unspecified atom stereocenters. The summed E-state index contributed by atoms with van der Waals surface area (Å²) in [5, 5.41) is 5.69. The number of pyridine rings is 1. The maximum Gasteiger partial charge on any atom is 0.254 e. The highest BCUT2D eigenvalue weighted by atomic mass is 16.5. The zero-order chi connectivity index (χ0) is 22.8. The van der Waals surface area contributed by atoms with Gasteiger partial charge in [0, 0.05) is 41.8 Å². The van der Waals surface area contributed by atoms with Crippen LogP contribution in [0.5, 0.6) is 0 Å². The maximum atomic E-state index is 13.4. The Balaban J connectivity index is 1.33. The highest BCUT2D eigenvalue weighted by Crippen LogP contribution is 2.20. The molecular weight excluding hydrogens is 412 g/mol. The molecule has 5 rings (SSSR count). The normalized spacial score (nSPS) is 16.7. The molecule has 1 aliphatic rings. The summed E-state index contributed by atoms with van der Waals surface area (Å²) >= 11 is 0. The van der Waals surface area contributed by atoms with Crippen LogP contribution >= 0.6 is 0 Å². The van der Waals surface area contributed by atoms with E-state index < -0.39 is 0 Å². The summed E-state index contributed by atoms with van der Waals surface area (Å²) in [4.78, 5) is 19.9. The third-order valence-corrected chi connectivity index (χ3v) is 6.14. The lowest BCUT2D eigenvalue weighted by Gasteiger charge is -2.24. The number of rotatable bonds is 4. The van der Waals surface area contributed by atoms with Crippen molar-refractivity contribution in [2.24, 2.45) is 5.92 Å². The molecule has 0 spiro atoms. The Morgan fingerprint density at radius 3 is 2.82 bits per heavy atom. The number of fused-ring (bicyclic) bond motifs is 1. The first-order valence-corrected chi connectivity index (χ1v) is 11.4. The van der Waals surface area contributed by atoms with E-state index >= 15 is 0 Å². The lowest BCUT2D eigenvalue weighted by molar-refractivity contribution is 0.0737. The van der Waals surface area contributed by atoms with E-state index in [1.165, 1.54) is 5.56 Å². The third kappa shape index (κ3) is 4.66. The van der Waals surface area contributed by atoms with Gasteiger partial charge in [0.2, 0.25) is 0 Å². The molecule has 1 fully saturated rings. The monoisotopic (exact) mass is 440 g/mol. The van der Waals surface area contributed by atoms with Crippen LogP contribution in [0.4, 0.5) is 0 Å². The number of hydrogen-bond acceptors (Lipinski definition) is 4. The van der Waals surface area contributed by atoms with E-state index in [-0.39, 0.29) is 11.8 Å². The Kier molecular flexibility index (Phi) is 5.92. The minimum absolute atomic E-state index is 0.0329. The van der Waals surface area contributed by atoms with Gasteiger partial charge in [0.15, 0.2) is 0 Å². The van der Waals surface area contributed by atoms with Gasteiger partial charge in [-0.1, -0.05) is 24.3 Å². The molecule has 1 amide bonds. The fourth-order valence-corrected chi connectivity index (χ4v) is 4.59. The van der Waals surface area contributed by atoms with Crippen LogP contribution < -0.4 is 0 Å². The van der Waals surface area contributed by atoms with Crippen LogP contribution in [0.25, 0.3) is 16.6 Å². The second kappa shape index (κ2) is 9.16. The van der Waals surface area contributed by atoms with Crippen LogP contribution in [0.1, 0.15) is 27.3 Å². The van der Waals surface area contributed by atoms with E-state index in [0.29, 0.717) is 31.9 Å². The van der Waals surface area contributed by atoms with Gasteiger partial charge in [0.05, 0.1) is 30.1 Å². The number of para-hydroxylation sites is 1. The molecule has 1 atom stereocenters. The molecule has 6 nitrogen and oxygen atoms in total. The summed E-state index contributed by atoms with van der Waals surface area (Å²) < 4.78 is 7.75. The Morgan fingerprint density at radius 1 is 1.09 bits per heavy atom. The zero-order valence-corrected chi connectivity index (χ0v) is 19.1. The molecule has 1 saturated heterocycles. The van der Waals surface area contributed by atoms with Crippen LogP contribution in [0, 0.1) is 19.8 Å². The molecule has 1 aliphatic heterocycles. The summed E-state index contributed by atoms with van der Waals surface area (Å²) in [6, 6.07) is 20.1. The Morgan fingerprint density at radius 2 is 1.97 bits per heavy atom. The number of amides is 1. The van der Waals surface area contributed by atoms with Crippen LogP contribution in [0.3, 0.4) is 0 Å². The third-order valence-electron chi connectivity index (χ3n) is 6.14. The van der Waals surface area contributed by atoms with Crippen LogP contribution in [-0.4, -0.2) is 51.9 Å². The predicted octanol–water partition coefficient (Wildman–Crippen LogP) is 4.37. The molecule has 3 heterocycles. The number of aromatic nitrogens is 3. The molecule has 4 aromatic rings. The molecule has 0 aliphatic carbocycles. The van der Waals surface area contributed by atoms with E-state index in [9.17, 15) is 4.79 Å². The van der Waals surface area contributed by atoms with E-state index in [2.05, 4.69) is 22.2 Å². The molecule has 2 aromatic heterocycles. The fourth-order valence-electron chi connectivity index (χ4n) is 4.59. The number of carbonyl (C=O) groups is 1. The first kappa shape index (κ1) is 21.3. The molecule has 0 N–H and O–H groups in total. The van der Waals surface area contributed by atoms with Crippen molar-refractivity contribution in [3.8, 4) is 5.69 Å². The SMILES string of the molecule is Cc1cc(C)n(-c2cccc(C(=O)N3CCOCC(Cc4cnc5ccccc5c4)C3)c2)n1. The van der Waals surface area contributed by atoms with Gasteiger partial charge in [-0.05, 0) is 62.2 Å². The van der Waals surface area contributed by atoms with E-state index in [1.807, 2.05) is 78.2 Å². The zero-order valence-electron chi connectivity index (χ0n) is 19.1. The molecule has 168 valence electrons. The molecule has 0 radical (unpaired) electrons. The first-order valence-electron chi connectivity index (χ1n) is 11.4. The van der Waals surface area contributed by atoms with Crippen molar-refractivity contribution in [3.63, 3.8) is 0 Å². The summed E-state index contributed by atoms with van der Waals surface area (Å²) in [6.07, 6.45) is 2.77. The number of aryl methyl sites for hydroxylation is 2. The smallest absolute Gasteiger partial charge is 0.254 e.